The lowest BCUT2D eigenvalue weighted by Crippen LogP contribution is -2.50. The van der Waals surface area contributed by atoms with Crippen LogP contribution in [0, 0.1) is 11.3 Å². The van der Waals surface area contributed by atoms with E-state index < -0.39 is 6.10 Å². The quantitative estimate of drug-likeness (QED) is 0.881. The molecule has 0 unspecified atom stereocenters. The molecule has 5 nitrogen and oxygen atoms in total. The van der Waals surface area contributed by atoms with E-state index in [0.29, 0.717) is 17.6 Å². The van der Waals surface area contributed by atoms with Gasteiger partial charge in [-0.1, -0.05) is 6.08 Å². The fourth-order valence-electron chi connectivity index (χ4n) is 3.05. The zero-order valence-electron chi connectivity index (χ0n) is 13.0. The van der Waals surface area contributed by atoms with Crippen molar-refractivity contribution in [1.82, 2.24) is 4.98 Å². The summed E-state index contributed by atoms with van der Waals surface area (Å²) < 4.78 is 5.82. The molecule has 23 heavy (non-hydrogen) atoms. The van der Waals surface area contributed by atoms with E-state index in [-0.39, 0.29) is 12.2 Å². The Morgan fingerprint density at radius 3 is 3.04 bits per heavy atom. The van der Waals surface area contributed by atoms with Crippen molar-refractivity contribution in [2.75, 3.05) is 18.0 Å². The highest BCUT2D eigenvalue weighted by Gasteiger charge is 2.30. The third-order valence-corrected chi connectivity index (χ3v) is 4.12. The number of ether oxygens (including phenoxy) is 1. The van der Waals surface area contributed by atoms with Gasteiger partial charge in [0.15, 0.2) is 0 Å². The first kappa shape index (κ1) is 15.5. The van der Waals surface area contributed by atoms with Crippen LogP contribution in [0.15, 0.2) is 43.1 Å². The Hall–Kier alpha value is -2.42. The van der Waals surface area contributed by atoms with Gasteiger partial charge in [-0.2, -0.15) is 5.26 Å². The van der Waals surface area contributed by atoms with Gasteiger partial charge in [-0.05, 0) is 31.2 Å². The number of hydrogen-bond acceptors (Lipinski definition) is 5. The topological polar surface area (TPSA) is 69.4 Å². The molecule has 1 aromatic carbocycles. The van der Waals surface area contributed by atoms with Gasteiger partial charge in [0.2, 0.25) is 0 Å². The van der Waals surface area contributed by atoms with Gasteiger partial charge in [0, 0.05) is 30.4 Å². The Balaban J connectivity index is 2.03. The van der Waals surface area contributed by atoms with Crippen LogP contribution in [-0.4, -0.2) is 41.5 Å². The molecule has 1 aliphatic rings. The maximum atomic E-state index is 10.0. The second-order valence-corrected chi connectivity index (χ2v) is 5.76. The van der Waals surface area contributed by atoms with Crippen molar-refractivity contribution in [3.63, 3.8) is 0 Å². The molecule has 3 atom stereocenters. The predicted molar refractivity (Wildman–Crippen MR) is 89.2 cm³/mol. The van der Waals surface area contributed by atoms with Crippen LogP contribution in [-0.2, 0) is 4.74 Å². The van der Waals surface area contributed by atoms with E-state index in [1.54, 1.807) is 12.3 Å². The first-order valence-corrected chi connectivity index (χ1v) is 7.63. The number of aliphatic hydroxyl groups excluding tert-OH is 1. The highest BCUT2D eigenvalue weighted by atomic mass is 16.5. The van der Waals surface area contributed by atoms with Crippen LogP contribution >= 0.6 is 0 Å². The third kappa shape index (κ3) is 2.91. The molecule has 2 heterocycles. The third-order valence-electron chi connectivity index (χ3n) is 4.12. The van der Waals surface area contributed by atoms with Gasteiger partial charge in [0.05, 0.1) is 23.3 Å². The van der Waals surface area contributed by atoms with Gasteiger partial charge in [0.1, 0.15) is 12.2 Å². The summed E-state index contributed by atoms with van der Waals surface area (Å²) in [6, 6.07) is 9.76. The Kier molecular flexibility index (Phi) is 4.28. The van der Waals surface area contributed by atoms with Crippen LogP contribution in [0.4, 0.5) is 5.69 Å². The van der Waals surface area contributed by atoms with Crippen LogP contribution in [0.1, 0.15) is 12.5 Å². The molecule has 0 bridgehead atoms. The fourth-order valence-corrected chi connectivity index (χ4v) is 3.05. The first-order chi connectivity index (χ1) is 11.1. The van der Waals surface area contributed by atoms with Crippen molar-refractivity contribution in [3.05, 3.63) is 48.7 Å². The summed E-state index contributed by atoms with van der Waals surface area (Å²) >= 11 is 0. The summed E-state index contributed by atoms with van der Waals surface area (Å²) in [5.41, 5.74) is 2.27. The molecule has 3 rings (SSSR count). The van der Waals surface area contributed by atoms with Gasteiger partial charge in [0.25, 0.3) is 0 Å². The molecule has 0 amide bonds. The number of fused-ring (bicyclic) bond motifs is 1. The van der Waals surface area contributed by atoms with Crippen molar-refractivity contribution >= 4 is 16.6 Å². The van der Waals surface area contributed by atoms with Crippen molar-refractivity contribution < 1.29 is 9.84 Å². The van der Waals surface area contributed by atoms with E-state index in [1.807, 2.05) is 25.1 Å². The molecular formula is C18H19N3O2. The van der Waals surface area contributed by atoms with E-state index in [1.165, 1.54) is 6.08 Å². The summed E-state index contributed by atoms with van der Waals surface area (Å²) in [4.78, 5) is 6.53. The van der Waals surface area contributed by atoms with Gasteiger partial charge in [-0.3, -0.25) is 4.98 Å². The van der Waals surface area contributed by atoms with Crippen molar-refractivity contribution in [1.29, 1.82) is 5.26 Å². The molecular weight excluding hydrogens is 290 g/mol. The first-order valence-electron chi connectivity index (χ1n) is 7.63. The van der Waals surface area contributed by atoms with Crippen LogP contribution < -0.4 is 4.90 Å². The number of rotatable bonds is 3. The van der Waals surface area contributed by atoms with E-state index in [4.69, 9.17) is 4.74 Å². The van der Waals surface area contributed by atoms with E-state index in [2.05, 4.69) is 22.5 Å². The Bertz CT molecular complexity index is 768. The average Bonchev–Trinajstić information content (AvgIpc) is 2.59. The number of benzene rings is 1. The maximum absolute atomic E-state index is 10.0. The van der Waals surface area contributed by atoms with E-state index in [0.717, 1.165) is 17.6 Å². The molecule has 1 saturated heterocycles. The lowest BCUT2D eigenvalue weighted by Gasteiger charge is -2.39. The van der Waals surface area contributed by atoms with E-state index in [9.17, 15) is 10.4 Å². The number of aromatic nitrogens is 1. The number of hydrogen-bond donors (Lipinski definition) is 1. The summed E-state index contributed by atoms with van der Waals surface area (Å²) in [5, 5.41) is 20.2. The smallest absolute Gasteiger partial charge is 0.105 e. The Labute approximate surface area is 135 Å². The number of nitriles is 1. The number of nitrogens with zero attached hydrogens (tertiary/aromatic N) is 3. The lowest BCUT2D eigenvalue weighted by atomic mass is 10.0. The minimum atomic E-state index is -0.706. The van der Waals surface area contributed by atoms with Gasteiger partial charge >= 0.3 is 0 Å². The number of aliphatic hydroxyl groups is 1. The molecule has 0 aliphatic carbocycles. The molecule has 1 aliphatic heterocycles. The van der Waals surface area contributed by atoms with Crippen LogP contribution in [0.25, 0.3) is 10.9 Å². The summed E-state index contributed by atoms with van der Waals surface area (Å²) in [6.45, 7) is 6.90. The monoisotopic (exact) mass is 309 g/mol. The number of anilines is 1. The highest BCUT2D eigenvalue weighted by Crippen LogP contribution is 2.30. The van der Waals surface area contributed by atoms with E-state index >= 15 is 0 Å². The largest absolute Gasteiger partial charge is 0.386 e. The Morgan fingerprint density at radius 1 is 1.48 bits per heavy atom. The summed E-state index contributed by atoms with van der Waals surface area (Å²) in [7, 11) is 0. The molecule has 2 aromatic rings. The zero-order chi connectivity index (χ0) is 16.4. The van der Waals surface area contributed by atoms with Gasteiger partial charge < -0.3 is 14.7 Å². The average molecular weight is 309 g/mol. The molecule has 1 N–H and O–H groups in total. The Morgan fingerprint density at radius 2 is 2.30 bits per heavy atom. The van der Waals surface area contributed by atoms with Crippen LogP contribution in [0.2, 0.25) is 0 Å². The maximum Gasteiger partial charge on any atom is 0.105 e. The summed E-state index contributed by atoms with van der Waals surface area (Å²) in [5.74, 6) is 0. The van der Waals surface area contributed by atoms with Crippen LogP contribution in [0.3, 0.4) is 0 Å². The predicted octanol–water partition coefficient (Wildman–Crippen LogP) is 2.25. The van der Waals surface area contributed by atoms with Crippen LogP contribution in [0.5, 0.6) is 0 Å². The molecule has 118 valence electrons. The second-order valence-electron chi connectivity index (χ2n) is 5.76. The van der Waals surface area contributed by atoms with Crippen molar-refractivity contribution in [2.45, 2.75) is 25.2 Å². The van der Waals surface area contributed by atoms with Gasteiger partial charge in [-0.15, -0.1) is 6.58 Å². The molecule has 1 fully saturated rings. The van der Waals surface area contributed by atoms with Crippen molar-refractivity contribution in [3.8, 4) is 6.07 Å². The number of pyridine rings is 1. The minimum Gasteiger partial charge on any atom is -0.386 e. The fraction of sp³-hybridized carbons (Fsp3) is 0.333. The molecule has 0 saturated carbocycles. The molecule has 0 spiro atoms. The normalized spacial score (nSPS) is 22.6. The number of morpholine rings is 1. The standard InChI is InChI=1S/C18H19N3O2/c1-3-16(22)17-11-21(10-12(2)23-17)15-7-6-13(9-19)18-14(15)5-4-8-20-18/h3-8,12,16-17,22H,1,10-11H2,2H3/t12-,16+,17-/m1/s1. The SMILES string of the molecule is C=C[C@H](O)[C@H]1CN(c2ccc(C#N)c3ncccc23)C[C@@H](C)O1. The molecule has 5 heteroatoms. The zero-order valence-corrected chi connectivity index (χ0v) is 13.0. The highest BCUT2D eigenvalue weighted by molar-refractivity contribution is 5.95. The second kappa shape index (κ2) is 6.37. The minimum absolute atomic E-state index is 0.00860. The van der Waals surface area contributed by atoms with Crippen molar-refractivity contribution in [2.24, 2.45) is 0 Å². The molecule has 0 radical (unpaired) electrons. The lowest BCUT2D eigenvalue weighted by molar-refractivity contribution is -0.0646. The molecule has 1 aromatic heterocycles. The van der Waals surface area contributed by atoms with Gasteiger partial charge in [-0.25, -0.2) is 0 Å². The summed E-state index contributed by atoms with van der Waals surface area (Å²) in [6.07, 6.45) is 2.16.